The van der Waals surface area contributed by atoms with E-state index in [0.717, 1.165) is 49.5 Å². The van der Waals surface area contributed by atoms with Gasteiger partial charge in [0, 0.05) is 31.7 Å². The smallest absolute Gasteiger partial charge is 0.260 e. The fourth-order valence-corrected chi connectivity index (χ4v) is 4.61. The molecule has 0 atom stereocenters. The first-order chi connectivity index (χ1) is 13.7. The highest BCUT2D eigenvalue weighted by Gasteiger charge is 2.22. The third-order valence-corrected chi connectivity index (χ3v) is 6.16. The van der Waals surface area contributed by atoms with Crippen molar-refractivity contribution in [2.45, 2.75) is 6.42 Å². The molecule has 0 unspecified atom stereocenters. The van der Waals surface area contributed by atoms with Gasteiger partial charge in [-0.05, 0) is 30.7 Å². The van der Waals surface area contributed by atoms with Gasteiger partial charge in [0.05, 0.1) is 22.9 Å². The van der Waals surface area contributed by atoms with E-state index >= 15 is 0 Å². The normalized spacial score (nSPS) is 14.5. The standard InChI is InChI=1S/C21H22ClN3O2S.ClH/c22-17-8-4-9-18-19(17)23-21(28-18)25(20(26)16-6-2-1-3-7-16)11-5-10-24-12-14-27-15-13-24;/h1-4,6-9H,5,10-15H2;1H. The Bertz CT molecular complexity index is 946. The van der Waals surface area contributed by atoms with Crippen LogP contribution in [0.15, 0.2) is 48.5 Å². The summed E-state index contributed by atoms with van der Waals surface area (Å²) < 4.78 is 6.40. The number of halogens is 2. The Labute approximate surface area is 185 Å². The largest absolute Gasteiger partial charge is 0.379 e. The van der Waals surface area contributed by atoms with Crippen LogP contribution in [0.5, 0.6) is 0 Å². The second kappa shape index (κ2) is 10.4. The van der Waals surface area contributed by atoms with E-state index in [0.29, 0.717) is 22.3 Å². The second-order valence-electron chi connectivity index (χ2n) is 6.71. The van der Waals surface area contributed by atoms with E-state index in [4.69, 9.17) is 16.3 Å². The van der Waals surface area contributed by atoms with Crippen LogP contribution in [-0.2, 0) is 4.74 Å². The number of carbonyl (C=O) groups is 1. The summed E-state index contributed by atoms with van der Waals surface area (Å²) >= 11 is 7.80. The fraction of sp³-hybridized carbons (Fsp3) is 0.333. The number of anilines is 1. The summed E-state index contributed by atoms with van der Waals surface area (Å²) in [5.41, 5.74) is 1.42. The number of morpholine rings is 1. The van der Waals surface area contributed by atoms with Gasteiger partial charge >= 0.3 is 0 Å². The second-order valence-corrected chi connectivity index (χ2v) is 8.13. The van der Waals surface area contributed by atoms with Crippen molar-refractivity contribution in [1.82, 2.24) is 9.88 Å². The highest BCUT2D eigenvalue weighted by Crippen LogP contribution is 2.33. The topological polar surface area (TPSA) is 45.7 Å². The van der Waals surface area contributed by atoms with Crippen LogP contribution in [0.25, 0.3) is 10.2 Å². The molecule has 2 heterocycles. The molecule has 5 nitrogen and oxygen atoms in total. The predicted molar refractivity (Wildman–Crippen MR) is 122 cm³/mol. The van der Waals surface area contributed by atoms with Crippen LogP contribution in [0.3, 0.4) is 0 Å². The van der Waals surface area contributed by atoms with Gasteiger partial charge in [0.25, 0.3) is 5.91 Å². The molecule has 0 spiro atoms. The van der Waals surface area contributed by atoms with Crippen molar-refractivity contribution in [3.05, 3.63) is 59.1 Å². The van der Waals surface area contributed by atoms with Gasteiger partial charge in [-0.1, -0.05) is 47.2 Å². The number of aromatic nitrogens is 1. The van der Waals surface area contributed by atoms with Crippen molar-refractivity contribution in [2.24, 2.45) is 0 Å². The molecule has 29 heavy (non-hydrogen) atoms. The average molecular weight is 452 g/mol. The molecular weight excluding hydrogens is 429 g/mol. The Morgan fingerprint density at radius 2 is 1.90 bits per heavy atom. The number of nitrogens with zero attached hydrogens (tertiary/aromatic N) is 3. The molecule has 1 aliphatic heterocycles. The molecule has 1 aromatic heterocycles. The Morgan fingerprint density at radius 3 is 2.62 bits per heavy atom. The molecular formula is C21H23Cl2N3O2S. The Balaban J connectivity index is 0.00000240. The third kappa shape index (κ3) is 5.27. The summed E-state index contributed by atoms with van der Waals surface area (Å²) in [6.07, 6.45) is 0.877. The monoisotopic (exact) mass is 451 g/mol. The van der Waals surface area contributed by atoms with Crippen molar-refractivity contribution in [2.75, 3.05) is 44.3 Å². The first kappa shape index (κ1) is 22.0. The summed E-state index contributed by atoms with van der Waals surface area (Å²) in [7, 11) is 0. The van der Waals surface area contributed by atoms with Gasteiger partial charge in [0.1, 0.15) is 5.52 Å². The number of thiazole rings is 1. The molecule has 2 aromatic carbocycles. The van der Waals surface area contributed by atoms with E-state index in [1.807, 2.05) is 48.5 Å². The highest BCUT2D eigenvalue weighted by atomic mass is 35.5. The number of ether oxygens (including phenoxy) is 1. The summed E-state index contributed by atoms with van der Waals surface area (Å²) in [6.45, 7) is 5.01. The van der Waals surface area contributed by atoms with Gasteiger partial charge in [0.15, 0.2) is 5.13 Å². The lowest BCUT2D eigenvalue weighted by molar-refractivity contribution is 0.0376. The minimum atomic E-state index is -0.0299. The maximum absolute atomic E-state index is 13.2. The van der Waals surface area contributed by atoms with Crippen molar-refractivity contribution in [3.8, 4) is 0 Å². The van der Waals surface area contributed by atoms with E-state index in [9.17, 15) is 4.79 Å². The lowest BCUT2D eigenvalue weighted by Crippen LogP contribution is -2.39. The molecule has 1 amide bonds. The van der Waals surface area contributed by atoms with Gasteiger partial charge in [-0.2, -0.15) is 0 Å². The molecule has 154 valence electrons. The first-order valence-electron chi connectivity index (χ1n) is 9.44. The molecule has 0 bridgehead atoms. The average Bonchev–Trinajstić information content (AvgIpc) is 3.17. The first-order valence-corrected chi connectivity index (χ1v) is 10.6. The van der Waals surface area contributed by atoms with Gasteiger partial charge in [-0.3, -0.25) is 14.6 Å². The minimum absolute atomic E-state index is 0. The van der Waals surface area contributed by atoms with E-state index in [2.05, 4.69) is 9.88 Å². The van der Waals surface area contributed by atoms with Crippen LogP contribution in [0.4, 0.5) is 5.13 Å². The van der Waals surface area contributed by atoms with Crippen molar-refractivity contribution in [1.29, 1.82) is 0 Å². The number of rotatable bonds is 6. The number of para-hydroxylation sites is 1. The predicted octanol–water partition coefficient (Wildman–Crippen LogP) is 4.74. The maximum Gasteiger partial charge on any atom is 0.260 e. The molecule has 1 aliphatic rings. The van der Waals surface area contributed by atoms with Crippen molar-refractivity contribution in [3.63, 3.8) is 0 Å². The highest BCUT2D eigenvalue weighted by molar-refractivity contribution is 7.22. The van der Waals surface area contributed by atoms with Gasteiger partial charge in [-0.25, -0.2) is 4.98 Å². The number of amides is 1. The van der Waals surface area contributed by atoms with Crippen LogP contribution in [0, 0.1) is 0 Å². The zero-order chi connectivity index (χ0) is 19.3. The summed E-state index contributed by atoms with van der Waals surface area (Å²) in [5.74, 6) is -0.0299. The van der Waals surface area contributed by atoms with Crippen LogP contribution in [-0.4, -0.2) is 55.2 Å². The number of carbonyl (C=O) groups excluding carboxylic acids is 1. The van der Waals surface area contributed by atoms with E-state index < -0.39 is 0 Å². The van der Waals surface area contributed by atoms with Crippen LogP contribution < -0.4 is 4.90 Å². The van der Waals surface area contributed by atoms with Crippen LogP contribution >= 0.6 is 35.3 Å². The van der Waals surface area contributed by atoms with E-state index in [1.165, 1.54) is 11.3 Å². The lowest BCUT2D eigenvalue weighted by atomic mass is 10.2. The molecule has 1 fully saturated rings. The Kier molecular flexibility index (Phi) is 7.86. The summed E-state index contributed by atoms with van der Waals surface area (Å²) in [5, 5.41) is 1.30. The summed E-state index contributed by atoms with van der Waals surface area (Å²) in [6, 6.07) is 15.1. The van der Waals surface area contributed by atoms with E-state index in [-0.39, 0.29) is 18.3 Å². The fourth-order valence-electron chi connectivity index (χ4n) is 3.32. The molecule has 0 saturated carbocycles. The zero-order valence-electron chi connectivity index (χ0n) is 15.9. The molecule has 0 radical (unpaired) electrons. The van der Waals surface area contributed by atoms with Crippen molar-refractivity contribution >= 4 is 56.6 Å². The molecule has 1 saturated heterocycles. The number of fused-ring (bicyclic) bond motifs is 1. The molecule has 0 N–H and O–H groups in total. The Hall–Kier alpha value is -1.70. The maximum atomic E-state index is 13.2. The number of hydrogen-bond acceptors (Lipinski definition) is 5. The lowest BCUT2D eigenvalue weighted by Gasteiger charge is -2.27. The molecule has 0 aliphatic carbocycles. The van der Waals surface area contributed by atoms with Gasteiger partial charge in [0.2, 0.25) is 0 Å². The van der Waals surface area contributed by atoms with Crippen LogP contribution in [0.1, 0.15) is 16.8 Å². The number of hydrogen-bond donors (Lipinski definition) is 0. The SMILES string of the molecule is Cl.O=C(c1ccccc1)N(CCCN1CCOCC1)c1nc2c(Cl)cccc2s1. The summed E-state index contributed by atoms with van der Waals surface area (Å²) in [4.78, 5) is 22.1. The van der Waals surface area contributed by atoms with Crippen LogP contribution in [0.2, 0.25) is 5.02 Å². The molecule has 8 heteroatoms. The third-order valence-electron chi connectivity index (χ3n) is 4.82. The van der Waals surface area contributed by atoms with E-state index in [1.54, 1.807) is 4.90 Å². The minimum Gasteiger partial charge on any atom is -0.379 e. The zero-order valence-corrected chi connectivity index (χ0v) is 18.3. The van der Waals surface area contributed by atoms with Gasteiger partial charge < -0.3 is 4.74 Å². The van der Waals surface area contributed by atoms with Gasteiger partial charge in [-0.15, -0.1) is 12.4 Å². The quantitative estimate of drug-likeness (QED) is 0.542. The molecule has 3 aromatic rings. The Morgan fingerprint density at radius 1 is 1.14 bits per heavy atom. The molecule has 4 rings (SSSR count). The number of benzene rings is 2. The van der Waals surface area contributed by atoms with Crippen molar-refractivity contribution < 1.29 is 9.53 Å².